The van der Waals surface area contributed by atoms with Gasteiger partial charge in [-0.05, 0) is 17.5 Å². The summed E-state index contributed by atoms with van der Waals surface area (Å²) in [5.74, 6) is 0. The van der Waals surface area contributed by atoms with Gasteiger partial charge in [0.1, 0.15) is 0 Å². The van der Waals surface area contributed by atoms with Crippen LogP contribution in [0.15, 0.2) is 47.2 Å². The van der Waals surface area contributed by atoms with Crippen LogP contribution in [0.4, 0.5) is 0 Å². The fraction of sp³-hybridized carbons (Fsp3) is 0. The van der Waals surface area contributed by atoms with Gasteiger partial charge in [0.05, 0.1) is 1.37 Å². The molecule has 0 atom stereocenters. The first-order chi connectivity index (χ1) is 4.93. The van der Waals surface area contributed by atoms with E-state index in [9.17, 15) is 0 Å². The first-order valence-electron chi connectivity index (χ1n) is 3.26. The number of hydrogen-bond donors (Lipinski definition) is 0. The van der Waals surface area contributed by atoms with E-state index in [1.54, 1.807) is 17.2 Å². The van der Waals surface area contributed by atoms with Crippen LogP contribution in [0, 0.1) is 0 Å². The quantitative estimate of drug-likeness (QED) is 0.565. The van der Waals surface area contributed by atoms with Crippen molar-refractivity contribution >= 4 is 11.8 Å². The topological polar surface area (TPSA) is 0 Å². The Bertz CT molecular complexity index is 206. The molecule has 0 unspecified atom stereocenters. The molecule has 0 saturated carbocycles. The molecule has 0 radical (unpaired) electrons. The van der Waals surface area contributed by atoms with Crippen LogP contribution in [0.3, 0.4) is 0 Å². The molecule has 0 spiro atoms. The minimum atomic E-state index is 1.17. The molecular formula is C8H8S. The number of rotatable bonds is 2. The second-order valence-corrected chi connectivity index (χ2v) is 2.55. The van der Waals surface area contributed by atoms with E-state index >= 15 is 0 Å². The van der Waals surface area contributed by atoms with Crippen molar-refractivity contribution in [2.24, 2.45) is 0 Å². The molecule has 0 bridgehead atoms. The van der Waals surface area contributed by atoms with Crippen LogP contribution in [0.25, 0.3) is 0 Å². The molecule has 0 saturated heterocycles. The predicted molar refractivity (Wildman–Crippen MR) is 42.5 cm³/mol. The third-order valence-corrected chi connectivity index (χ3v) is 1.63. The third-order valence-electron chi connectivity index (χ3n) is 0.947. The Kier molecular flexibility index (Phi) is 1.91. The molecule has 1 rings (SSSR count). The average molecular weight is 137 g/mol. The van der Waals surface area contributed by atoms with Crippen LogP contribution in [-0.4, -0.2) is 0 Å². The molecule has 0 heterocycles. The molecule has 0 aliphatic carbocycles. The van der Waals surface area contributed by atoms with Crippen molar-refractivity contribution in [1.29, 1.82) is 0 Å². The van der Waals surface area contributed by atoms with Gasteiger partial charge >= 0.3 is 0 Å². The Morgan fingerprint density at radius 1 is 1.44 bits per heavy atom. The monoisotopic (exact) mass is 137 g/mol. The van der Waals surface area contributed by atoms with E-state index in [2.05, 4.69) is 0 Å². The van der Waals surface area contributed by atoms with Crippen molar-refractivity contribution < 1.29 is 1.37 Å². The second-order valence-electron chi connectivity index (χ2n) is 1.57. The van der Waals surface area contributed by atoms with Gasteiger partial charge in [0, 0.05) is 4.90 Å². The van der Waals surface area contributed by atoms with E-state index in [1.807, 2.05) is 30.3 Å². The standard InChI is InChI=1S/C8H8S/c1-2-9-8-6-4-3-5-7-8/h2-7H,1H2/i1D. The summed E-state index contributed by atoms with van der Waals surface area (Å²) in [6.07, 6.45) is 0. The Balaban J connectivity index is 2.59. The van der Waals surface area contributed by atoms with Crippen molar-refractivity contribution in [3.05, 3.63) is 42.3 Å². The molecule has 0 aromatic heterocycles. The van der Waals surface area contributed by atoms with Crippen LogP contribution >= 0.6 is 11.8 Å². The minimum absolute atomic E-state index is 1.17. The molecule has 0 fully saturated rings. The third kappa shape index (κ3) is 1.94. The van der Waals surface area contributed by atoms with E-state index in [1.165, 1.54) is 11.5 Å². The molecule has 0 nitrogen and oxygen atoms in total. The lowest BCUT2D eigenvalue weighted by Crippen LogP contribution is -1.62. The van der Waals surface area contributed by atoms with E-state index in [-0.39, 0.29) is 0 Å². The maximum Gasteiger partial charge on any atom is 0.0543 e. The first kappa shape index (κ1) is 5.12. The Morgan fingerprint density at radius 2 is 2.22 bits per heavy atom. The fourth-order valence-electron chi connectivity index (χ4n) is 0.578. The lowest BCUT2D eigenvalue weighted by atomic mass is 10.4. The van der Waals surface area contributed by atoms with E-state index in [0.717, 1.165) is 0 Å². The highest BCUT2D eigenvalue weighted by atomic mass is 32.2. The molecule has 9 heavy (non-hydrogen) atoms. The van der Waals surface area contributed by atoms with Crippen molar-refractivity contribution in [3.8, 4) is 0 Å². The van der Waals surface area contributed by atoms with E-state index in [0.29, 0.717) is 0 Å². The zero-order valence-corrected chi connectivity index (χ0v) is 5.77. The Labute approximate surface area is 61.0 Å². The molecular weight excluding hydrogens is 128 g/mol. The fourth-order valence-corrected chi connectivity index (χ4v) is 1.05. The molecule has 1 heteroatoms. The van der Waals surface area contributed by atoms with Gasteiger partial charge in [-0.2, -0.15) is 0 Å². The number of hydrogen-bond acceptors (Lipinski definition) is 1. The summed E-state index contributed by atoms with van der Waals surface area (Å²) in [6.45, 7) is 1.29. The van der Waals surface area contributed by atoms with Gasteiger partial charge in [-0.25, -0.2) is 0 Å². The average Bonchev–Trinajstić information content (AvgIpc) is 2.03. The van der Waals surface area contributed by atoms with Gasteiger partial charge in [-0.1, -0.05) is 36.5 Å². The highest BCUT2D eigenvalue weighted by molar-refractivity contribution is 8.02. The van der Waals surface area contributed by atoms with Gasteiger partial charge in [-0.3, -0.25) is 0 Å². The summed E-state index contributed by atoms with van der Waals surface area (Å²) in [7, 11) is 0. The van der Waals surface area contributed by atoms with Crippen LogP contribution in [0.2, 0.25) is 0 Å². The van der Waals surface area contributed by atoms with Gasteiger partial charge in [0.25, 0.3) is 0 Å². The summed E-state index contributed by atoms with van der Waals surface area (Å²) in [6, 6.07) is 9.99. The maximum absolute atomic E-state index is 6.75. The van der Waals surface area contributed by atoms with Crippen molar-refractivity contribution in [2.75, 3.05) is 0 Å². The molecule has 0 amide bonds. The van der Waals surface area contributed by atoms with Gasteiger partial charge < -0.3 is 0 Å². The van der Waals surface area contributed by atoms with Crippen LogP contribution < -0.4 is 0 Å². The molecule has 1 aromatic rings. The molecule has 0 aliphatic rings. The van der Waals surface area contributed by atoms with Crippen LogP contribution in [0.5, 0.6) is 0 Å². The maximum atomic E-state index is 6.75. The lowest BCUT2D eigenvalue weighted by Gasteiger charge is -1.90. The predicted octanol–water partition coefficient (Wildman–Crippen LogP) is 2.92. The highest BCUT2D eigenvalue weighted by Crippen LogP contribution is 2.16. The Morgan fingerprint density at radius 3 is 2.89 bits per heavy atom. The summed E-state index contributed by atoms with van der Waals surface area (Å²) in [5, 5.41) is 1.75. The zero-order valence-electron chi connectivity index (χ0n) is 5.95. The highest BCUT2D eigenvalue weighted by Gasteiger charge is 1.82. The Hall–Kier alpha value is -0.690. The SMILES string of the molecule is [2H]C=CSc1ccccc1. The van der Waals surface area contributed by atoms with Crippen LogP contribution in [-0.2, 0) is 0 Å². The van der Waals surface area contributed by atoms with E-state index < -0.39 is 0 Å². The molecule has 1 aromatic carbocycles. The van der Waals surface area contributed by atoms with Gasteiger partial charge in [0.2, 0.25) is 0 Å². The normalized spacial score (nSPS) is 11.8. The van der Waals surface area contributed by atoms with Crippen LogP contribution in [0.1, 0.15) is 1.37 Å². The number of benzene rings is 1. The summed E-state index contributed by atoms with van der Waals surface area (Å²) in [5.41, 5.74) is 0. The lowest BCUT2D eigenvalue weighted by molar-refractivity contribution is 1.47. The first-order valence-corrected chi connectivity index (χ1v) is 3.56. The number of thioether (sulfide) groups is 1. The van der Waals surface area contributed by atoms with Crippen molar-refractivity contribution in [3.63, 3.8) is 0 Å². The smallest absolute Gasteiger partial charge is 0.0543 e. The van der Waals surface area contributed by atoms with Gasteiger partial charge in [0.15, 0.2) is 0 Å². The van der Waals surface area contributed by atoms with Gasteiger partial charge in [-0.15, -0.1) is 0 Å². The van der Waals surface area contributed by atoms with Crippen molar-refractivity contribution in [2.45, 2.75) is 4.90 Å². The van der Waals surface area contributed by atoms with Crippen molar-refractivity contribution in [1.82, 2.24) is 0 Å². The second kappa shape index (κ2) is 3.36. The molecule has 0 N–H and O–H groups in total. The largest absolute Gasteiger partial charge is 0.0987 e. The zero-order chi connectivity index (χ0) is 7.23. The molecule has 0 aliphatic heterocycles. The minimum Gasteiger partial charge on any atom is -0.0987 e. The summed E-state index contributed by atoms with van der Waals surface area (Å²) < 4.78 is 6.75. The van der Waals surface area contributed by atoms with E-state index in [4.69, 9.17) is 1.37 Å². The molecule has 46 valence electrons. The summed E-state index contributed by atoms with van der Waals surface area (Å²) in [4.78, 5) is 1.17. The summed E-state index contributed by atoms with van der Waals surface area (Å²) >= 11 is 1.55.